The first-order valence-electron chi connectivity index (χ1n) is 6.54. The Morgan fingerprint density at radius 1 is 1.26 bits per heavy atom. The van der Waals surface area contributed by atoms with Crippen molar-refractivity contribution in [2.75, 3.05) is 6.61 Å². The molecule has 0 aromatic heterocycles. The number of amides is 1. The summed E-state index contributed by atoms with van der Waals surface area (Å²) in [6.07, 6.45) is 1.05. The zero-order valence-corrected chi connectivity index (χ0v) is 12.2. The molecular weight excluding hydrogens is 242 g/mol. The topological polar surface area (TPSA) is 47.6 Å². The van der Waals surface area contributed by atoms with Gasteiger partial charge in [0.1, 0.15) is 5.75 Å². The van der Waals surface area contributed by atoms with Gasteiger partial charge in [0.2, 0.25) is 5.91 Å². The zero-order chi connectivity index (χ0) is 14.3. The fourth-order valence-corrected chi connectivity index (χ4v) is 1.39. The van der Waals surface area contributed by atoms with Gasteiger partial charge in [-0.25, -0.2) is 5.48 Å². The second-order valence-electron chi connectivity index (χ2n) is 5.46. The van der Waals surface area contributed by atoms with E-state index in [2.05, 4.69) is 5.48 Å². The highest BCUT2D eigenvalue weighted by atomic mass is 16.7. The van der Waals surface area contributed by atoms with Gasteiger partial charge >= 0.3 is 0 Å². The van der Waals surface area contributed by atoms with Crippen LogP contribution in [-0.4, -0.2) is 18.1 Å². The number of carbonyl (C=O) groups is 1. The molecule has 0 bridgehead atoms. The second kappa shape index (κ2) is 7.14. The Morgan fingerprint density at radius 2 is 1.95 bits per heavy atom. The minimum Gasteiger partial charge on any atom is -0.493 e. The number of benzene rings is 1. The predicted molar refractivity (Wildman–Crippen MR) is 74.9 cm³/mol. The molecule has 4 nitrogen and oxygen atoms in total. The van der Waals surface area contributed by atoms with Crippen LogP contribution >= 0.6 is 0 Å². The number of rotatable bonds is 6. The summed E-state index contributed by atoms with van der Waals surface area (Å²) >= 11 is 0. The van der Waals surface area contributed by atoms with Crippen LogP contribution in [0.2, 0.25) is 0 Å². The highest BCUT2D eigenvalue weighted by Gasteiger charge is 2.12. The molecule has 0 aliphatic heterocycles. The molecule has 4 heteroatoms. The third-order valence-electron chi connectivity index (χ3n) is 2.37. The minimum atomic E-state index is -0.368. The van der Waals surface area contributed by atoms with Crippen molar-refractivity contribution in [1.29, 1.82) is 0 Å². The number of hydroxylamine groups is 1. The Labute approximate surface area is 115 Å². The molecule has 0 atom stereocenters. The van der Waals surface area contributed by atoms with Crippen LogP contribution in [0.5, 0.6) is 5.75 Å². The smallest absolute Gasteiger partial charge is 0.243 e. The summed E-state index contributed by atoms with van der Waals surface area (Å²) in [6.45, 7) is 8.17. The Hall–Kier alpha value is -1.55. The minimum absolute atomic E-state index is 0.122. The van der Waals surface area contributed by atoms with E-state index in [-0.39, 0.29) is 11.5 Å². The fourth-order valence-electron chi connectivity index (χ4n) is 1.39. The molecule has 1 amide bonds. The van der Waals surface area contributed by atoms with Gasteiger partial charge in [0.25, 0.3) is 0 Å². The molecule has 1 aromatic carbocycles. The Kier molecular flexibility index (Phi) is 5.83. The highest BCUT2D eigenvalue weighted by molar-refractivity contribution is 5.74. The lowest BCUT2D eigenvalue weighted by molar-refractivity contribution is -0.145. The summed E-state index contributed by atoms with van der Waals surface area (Å²) in [5.74, 6) is 0.747. The Balaban J connectivity index is 2.17. The van der Waals surface area contributed by atoms with Gasteiger partial charge < -0.3 is 4.74 Å². The largest absolute Gasteiger partial charge is 0.493 e. The van der Waals surface area contributed by atoms with E-state index in [1.807, 2.05) is 52.0 Å². The molecule has 0 spiro atoms. The molecule has 19 heavy (non-hydrogen) atoms. The number of carbonyl (C=O) groups excluding carboxylic acids is 1. The van der Waals surface area contributed by atoms with E-state index in [1.165, 1.54) is 0 Å². The molecule has 0 saturated carbocycles. The van der Waals surface area contributed by atoms with Crippen LogP contribution in [0, 0.1) is 6.92 Å². The number of ether oxygens (including phenoxy) is 1. The summed E-state index contributed by atoms with van der Waals surface area (Å²) in [6, 6.07) is 7.84. The van der Waals surface area contributed by atoms with Crippen molar-refractivity contribution in [3.8, 4) is 5.75 Å². The van der Waals surface area contributed by atoms with Crippen LogP contribution in [0.15, 0.2) is 24.3 Å². The summed E-state index contributed by atoms with van der Waals surface area (Å²) in [5.41, 5.74) is 3.17. The SMILES string of the molecule is Cc1ccccc1OCCCC(=O)NOC(C)(C)C. The highest BCUT2D eigenvalue weighted by Crippen LogP contribution is 2.16. The van der Waals surface area contributed by atoms with Gasteiger partial charge in [0.15, 0.2) is 0 Å². The molecule has 1 N–H and O–H groups in total. The lowest BCUT2D eigenvalue weighted by Gasteiger charge is -2.18. The first kappa shape index (κ1) is 15.5. The van der Waals surface area contributed by atoms with Crippen LogP contribution in [0.25, 0.3) is 0 Å². The van der Waals surface area contributed by atoms with Crippen LogP contribution in [0.3, 0.4) is 0 Å². The first-order valence-corrected chi connectivity index (χ1v) is 6.54. The zero-order valence-electron chi connectivity index (χ0n) is 12.2. The van der Waals surface area contributed by atoms with Crippen molar-refractivity contribution >= 4 is 5.91 Å². The number of hydrogen-bond donors (Lipinski definition) is 1. The number of nitrogens with one attached hydrogen (secondary N) is 1. The molecule has 0 unspecified atom stereocenters. The van der Waals surface area contributed by atoms with Gasteiger partial charge in [0, 0.05) is 6.42 Å². The van der Waals surface area contributed by atoms with Crippen LogP contribution in [0.4, 0.5) is 0 Å². The monoisotopic (exact) mass is 265 g/mol. The van der Waals surface area contributed by atoms with Gasteiger partial charge in [-0.15, -0.1) is 0 Å². The molecule has 0 radical (unpaired) electrons. The standard InChI is InChI=1S/C15H23NO3/c1-12-8-5-6-9-13(12)18-11-7-10-14(17)16-19-15(2,3)4/h5-6,8-9H,7,10-11H2,1-4H3,(H,16,17). The van der Waals surface area contributed by atoms with Crippen molar-refractivity contribution in [3.05, 3.63) is 29.8 Å². The maximum absolute atomic E-state index is 11.5. The maximum Gasteiger partial charge on any atom is 0.243 e. The van der Waals surface area contributed by atoms with E-state index in [0.29, 0.717) is 19.4 Å². The molecule has 0 saturated heterocycles. The second-order valence-corrected chi connectivity index (χ2v) is 5.46. The lowest BCUT2D eigenvalue weighted by atomic mass is 10.2. The Bertz CT molecular complexity index is 410. The van der Waals surface area contributed by atoms with Crippen molar-refractivity contribution in [3.63, 3.8) is 0 Å². The van der Waals surface area contributed by atoms with Crippen molar-refractivity contribution in [2.24, 2.45) is 0 Å². The van der Waals surface area contributed by atoms with Crippen molar-refractivity contribution < 1.29 is 14.4 Å². The first-order chi connectivity index (χ1) is 8.88. The summed E-state index contributed by atoms with van der Waals surface area (Å²) < 4.78 is 5.61. The van der Waals surface area contributed by atoms with Gasteiger partial charge in [0.05, 0.1) is 12.2 Å². The van der Waals surface area contributed by atoms with E-state index < -0.39 is 0 Å². The van der Waals surface area contributed by atoms with Crippen molar-refractivity contribution in [1.82, 2.24) is 5.48 Å². The molecule has 0 fully saturated rings. The molecule has 0 aliphatic carbocycles. The summed E-state index contributed by atoms with van der Waals surface area (Å²) in [7, 11) is 0. The van der Waals surface area contributed by atoms with Crippen LogP contribution < -0.4 is 10.2 Å². The fraction of sp³-hybridized carbons (Fsp3) is 0.533. The maximum atomic E-state index is 11.5. The Morgan fingerprint density at radius 3 is 2.58 bits per heavy atom. The van der Waals surface area contributed by atoms with E-state index in [9.17, 15) is 4.79 Å². The van der Waals surface area contributed by atoms with Gasteiger partial charge in [-0.2, -0.15) is 0 Å². The van der Waals surface area contributed by atoms with Crippen molar-refractivity contribution in [2.45, 2.75) is 46.1 Å². The van der Waals surface area contributed by atoms with E-state index in [0.717, 1.165) is 11.3 Å². The molecular formula is C15H23NO3. The predicted octanol–water partition coefficient (Wildman–Crippen LogP) is 3.00. The molecule has 106 valence electrons. The third kappa shape index (κ3) is 6.82. The molecule has 0 heterocycles. The summed E-state index contributed by atoms with van der Waals surface area (Å²) in [4.78, 5) is 16.7. The van der Waals surface area contributed by atoms with Gasteiger partial charge in [-0.05, 0) is 45.7 Å². The van der Waals surface area contributed by atoms with Crippen LogP contribution in [-0.2, 0) is 9.63 Å². The summed E-state index contributed by atoms with van der Waals surface area (Å²) in [5, 5.41) is 0. The third-order valence-corrected chi connectivity index (χ3v) is 2.37. The number of aryl methyl sites for hydroxylation is 1. The molecule has 1 rings (SSSR count). The van der Waals surface area contributed by atoms with E-state index in [4.69, 9.17) is 9.57 Å². The lowest BCUT2D eigenvalue weighted by Crippen LogP contribution is -2.33. The van der Waals surface area contributed by atoms with Gasteiger partial charge in [-0.3, -0.25) is 9.63 Å². The van der Waals surface area contributed by atoms with E-state index >= 15 is 0 Å². The van der Waals surface area contributed by atoms with Crippen LogP contribution in [0.1, 0.15) is 39.2 Å². The normalized spacial score (nSPS) is 11.2. The average molecular weight is 265 g/mol. The number of hydrogen-bond acceptors (Lipinski definition) is 3. The molecule has 0 aliphatic rings. The van der Waals surface area contributed by atoms with Gasteiger partial charge in [-0.1, -0.05) is 18.2 Å². The average Bonchev–Trinajstić information content (AvgIpc) is 2.33. The quantitative estimate of drug-likeness (QED) is 0.635. The number of para-hydroxylation sites is 1. The van der Waals surface area contributed by atoms with E-state index in [1.54, 1.807) is 0 Å². The molecule has 1 aromatic rings.